The van der Waals surface area contributed by atoms with E-state index < -0.39 is 0 Å². The normalized spacial score (nSPS) is 13.4. The van der Waals surface area contributed by atoms with E-state index in [-0.39, 0.29) is 11.8 Å². The molecule has 0 unspecified atom stereocenters. The predicted molar refractivity (Wildman–Crippen MR) is 90.7 cm³/mol. The second-order valence-electron chi connectivity index (χ2n) is 5.73. The molecule has 1 heterocycles. The van der Waals surface area contributed by atoms with Crippen molar-refractivity contribution >= 4 is 17.5 Å². The molecule has 120 valence electrons. The summed E-state index contributed by atoms with van der Waals surface area (Å²) in [6.07, 6.45) is 2.08. The third-order valence-electron chi connectivity index (χ3n) is 4.01. The van der Waals surface area contributed by atoms with Crippen molar-refractivity contribution in [3.05, 3.63) is 65.2 Å². The summed E-state index contributed by atoms with van der Waals surface area (Å²) in [6, 6.07) is 15.4. The molecule has 0 bridgehead atoms. The third-order valence-corrected chi connectivity index (χ3v) is 4.01. The predicted octanol–water partition coefficient (Wildman–Crippen LogP) is 3.05. The molecule has 1 saturated heterocycles. The Morgan fingerprint density at radius 3 is 2.46 bits per heavy atom. The number of carbonyl (C=O) groups is 2. The van der Waals surface area contributed by atoms with Gasteiger partial charge in [-0.3, -0.25) is 9.59 Å². The molecule has 2 aromatic rings. The van der Waals surface area contributed by atoms with Gasteiger partial charge in [0, 0.05) is 29.9 Å². The zero-order chi connectivity index (χ0) is 16.9. The van der Waals surface area contributed by atoms with Crippen LogP contribution < -0.4 is 5.32 Å². The first-order valence-corrected chi connectivity index (χ1v) is 7.88. The molecule has 0 spiro atoms. The Hall–Kier alpha value is -3.13. The third kappa shape index (κ3) is 3.44. The summed E-state index contributed by atoms with van der Waals surface area (Å²) in [6.45, 7) is 1.58. The van der Waals surface area contributed by atoms with Crippen LogP contribution in [0.25, 0.3) is 0 Å². The molecule has 5 nitrogen and oxygen atoms in total. The topological polar surface area (TPSA) is 73.2 Å². The van der Waals surface area contributed by atoms with Crippen LogP contribution in [0.2, 0.25) is 0 Å². The second-order valence-corrected chi connectivity index (χ2v) is 5.73. The number of hydrogen-bond acceptors (Lipinski definition) is 3. The van der Waals surface area contributed by atoms with Crippen molar-refractivity contribution in [2.24, 2.45) is 0 Å². The first-order valence-electron chi connectivity index (χ1n) is 7.88. The number of amides is 2. The molecule has 1 aliphatic heterocycles. The van der Waals surface area contributed by atoms with Crippen LogP contribution in [-0.2, 0) is 0 Å². The van der Waals surface area contributed by atoms with Gasteiger partial charge < -0.3 is 10.2 Å². The highest BCUT2D eigenvalue weighted by atomic mass is 16.2. The zero-order valence-electron chi connectivity index (χ0n) is 13.2. The molecular formula is C19H17N3O2. The Morgan fingerprint density at radius 1 is 1.00 bits per heavy atom. The minimum absolute atomic E-state index is 0.00456. The van der Waals surface area contributed by atoms with Crippen LogP contribution in [0.1, 0.15) is 39.1 Å². The van der Waals surface area contributed by atoms with Crippen LogP contribution in [0.3, 0.4) is 0 Å². The van der Waals surface area contributed by atoms with Gasteiger partial charge in [0.15, 0.2) is 0 Å². The summed E-state index contributed by atoms with van der Waals surface area (Å²) in [7, 11) is 0. The van der Waals surface area contributed by atoms with Gasteiger partial charge in [-0.1, -0.05) is 12.1 Å². The fourth-order valence-electron chi connectivity index (χ4n) is 2.77. The molecule has 0 radical (unpaired) electrons. The number of nitriles is 1. The summed E-state index contributed by atoms with van der Waals surface area (Å²) in [5, 5.41) is 11.7. The first-order chi connectivity index (χ1) is 11.7. The maximum atomic E-state index is 12.4. The number of hydrogen-bond donors (Lipinski definition) is 1. The first kappa shape index (κ1) is 15.8. The van der Waals surface area contributed by atoms with Gasteiger partial charge in [-0.15, -0.1) is 0 Å². The molecule has 2 amide bonds. The average molecular weight is 319 g/mol. The van der Waals surface area contributed by atoms with Gasteiger partial charge in [-0.2, -0.15) is 5.26 Å². The number of anilines is 1. The van der Waals surface area contributed by atoms with Crippen LogP contribution in [0.15, 0.2) is 48.5 Å². The number of nitrogens with zero attached hydrogens (tertiary/aromatic N) is 2. The molecule has 1 aliphatic rings. The zero-order valence-corrected chi connectivity index (χ0v) is 13.2. The van der Waals surface area contributed by atoms with Gasteiger partial charge in [0.2, 0.25) is 0 Å². The molecule has 0 saturated carbocycles. The van der Waals surface area contributed by atoms with Gasteiger partial charge in [-0.25, -0.2) is 0 Å². The number of rotatable bonds is 3. The molecule has 1 fully saturated rings. The van der Waals surface area contributed by atoms with Crippen molar-refractivity contribution in [2.45, 2.75) is 12.8 Å². The number of nitrogens with one attached hydrogen (secondary N) is 1. The van der Waals surface area contributed by atoms with E-state index in [1.807, 2.05) is 11.0 Å². The van der Waals surface area contributed by atoms with Crippen molar-refractivity contribution in [2.75, 3.05) is 18.4 Å². The van der Waals surface area contributed by atoms with E-state index in [0.29, 0.717) is 22.4 Å². The van der Waals surface area contributed by atoms with Crippen molar-refractivity contribution in [1.29, 1.82) is 5.26 Å². The quantitative estimate of drug-likeness (QED) is 0.945. The highest BCUT2D eigenvalue weighted by Gasteiger charge is 2.19. The highest BCUT2D eigenvalue weighted by Crippen LogP contribution is 2.17. The SMILES string of the molecule is N#Cc1cccc(C(=O)Nc2cccc(C(=O)N3CCCC3)c2)c1. The van der Waals surface area contributed by atoms with Gasteiger partial charge >= 0.3 is 0 Å². The maximum Gasteiger partial charge on any atom is 0.255 e. The molecular weight excluding hydrogens is 302 g/mol. The number of likely N-dealkylation sites (tertiary alicyclic amines) is 1. The number of carbonyl (C=O) groups excluding carboxylic acids is 2. The lowest BCUT2D eigenvalue weighted by Crippen LogP contribution is -2.27. The molecule has 3 rings (SSSR count). The Morgan fingerprint density at radius 2 is 1.71 bits per heavy atom. The summed E-state index contributed by atoms with van der Waals surface area (Å²) in [5.41, 5.74) is 1.97. The van der Waals surface area contributed by atoms with Gasteiger partial charge in [0.1, 0.15) is 0 Å². The summed E-state index contributed by atoms with van der Waals surface area (Å²) < 4.78 is 0. The van der Waals surface area contributed by atoms with E-state index in [1.54, 1.807) is 42.5 Å². The van der Waals surface area contributed by atoms with Crippen molar-refractivity contribution in [3.8, 4) is 6.07 Å². The lowest BCUT2D eigenvalue weighted by atomic mass is 10.1. The largest absolute Gasteiger partial charge is 0.339 e. The van der Waals surface area contributed by atoms with Crippen LogP contribution in [0, 0.1) is 11.3 Å². The van der Waals surface area contributed by atoms with Gasteiger partial charge in [-0.05, 0) is 49.2 Å². The minimum atomic E-state index is -0.308. The summed E-state index contributed by atoms with van der Waals surface area (Å²) in [5.74, 6) is -0.312. The van der Waals surface area contributed by atoms with Crippen LogP contribution >= 0.6 is 0 Å². The van der Waals surface area contributed by atoms with Crippen LogP contribution in [0.5, 0.6) is 0 Å². The molecule has 24 heavy (non-hydrogen) atoms. The van der Waals surface area contributed by atoms with Crippen molar-refractivity contribution in [1.82, 2.24) is 4.90 Å². The van der Waals surface area contributed by atoms with E-state index in [9.17, 15) is 9.59 Å². The second kappa shape index (κ2) is 6.97. The van der Waals surface area contributed by atoms with Crippen LogP contribution in [-0.4, -0.2) is 29.8 Å². The van der Waals surface area contributed by atoms with E-state index in [2.05, 4.69) is 5.32 Å². The molecule has 5 heteroatoms. The van der Waals surface area contributed by atoms with Crippen LogP contribution in [0.4, 0.5) is 5.69 Å². The molecule has 2 aromatic carbocycles. The molecule has 0 aromatic heterocycles. The van der Waals surface area contributed by atoms with E-state index in [0.717, 1.165) is 25.9 Å². The monoisotopic (exact) mass is 319 g/mol. The molecule has 0 atom stereocenters. The van der Waals surface area contributed by atoms with Crippen molar-refractivity contribution in [3.63, 3.8) is 0 Å². The lowest BCUT2D eigenvalue weighted by molar-refractivity contribution is 0.0792. The van der Waals surface area contributed by atoms with E-state index in [4.69, 9.17) is 5.26 Å². The smallest absolute Gasteiger partial charge is 0.255 e. The minimum Gasteiger partial charge on any atom is -0.339 e. The number of benzene rings is 2. The average Bonchev–Trinajstić information content (AvgIpc) is 3.16. The van der Waals surface area contributed by atoms with Crippen molar-refractivity contribution < 1.29 is 9.59 Å². The molecule has 0 aliphatic carbocycles. The van der Waals surface area contributed by atoms with Gasteiger partial charge in [0.05, 0.1) is 11.6 Å². The van der Waals surface area contributed by atoms with Gasteiger partial charge in [0.25, 0.3) is 11.8 Å². The summed E-state index contributed by atoms with van der Waals surface area (Å²) >= 11 is 0. The Balaban J connectivity index is 1.75. The lowest BCUT2D eigenvalue weighted by Gasteiger charge is -2.15. The fourth-order valence-corrected chi connectivity index (χ4v) is 2.77. The Bertz CT molecular complexity index is 817. The molecule has 1 N–H and O–H groups in total. The summed E-state index contributed by atoms with van der Waals surface area (Å²) in [4.78, 5) is 26.6. The standard InChI is InChI=1S/C19H17N3O2/c20-13-14-5-3-6-15(11-14)18(23)21-17-8-4-7-16(12-17)19(24)22-9-1-2-10-22/h3-8,11-12H,1-2,9-10H2,(H,21,23). The maximum absolute atomic E-state index is 12.4. The van der Waals surface area contributed by atoms with E-state index >= 15 is 0 Å². The Labute approximate surface area is 140 Å². The highest BCUT2D eigenvalue weighted by molar-refractivity contribution is 6.05. The Kier molecular flexibility index (Phi) is 4.57. The van der Waals surface area contributed by atoms with E-state index in [1.165, 1.54) is 6.07 Å². The fraction of sp³-hybridized carbons (Fsp3) is 0.211.